The molecule has 1 aliphatic heterocycles. The maximum absolute atomic E-state index is 12.8. The summed E-state index contributed by atoms with van der Waals surface area (Å²) in [5.41, 5.74) is 2.85. The highest BCUT2D eigenvalue weighted by Crippen LogP contribution is 2.28. The van der Waals surface area contributed by atoms with E-state index in [2.05, 4.69) is 10.3 Å². The highest BCUT2D eigenvalue weighted by molar-refractivity contribution is 7.89. The predicted molar refractivity (Wildman–Crippen MR) is 119 cm³/mol. The van der Waals surface area contributed by atoms with Gasteiger partial charge in [-0.05, 0) is 31.9 Å². The minimum absolute atomic E-state index is 0.101. The van der Waals surface area contributed by atoms with Crippen LogP contribution in [0.4, 0.5) is 5.13 Å². The van der Waals surface area contributed by atoms with Crippen molar-refractivity contribution in [3.05, 3.63) is 65.5 Å². The fourth-order valence-corrected chi connectivity index (χ4v) is 5.69. The van der Waals surface area contributed by atoms with E-state index < -0.39 is 10.0 Å². The Morgan fingerprint density at radius 2 is 1.73 bits per heavy atom. The maximum atomic E-state index is 12.8. The largest absolute Gasteiger partial charge is 0.302 e. The number of anilines is 1. The van der Waals surface area contributed by atoms with Gasteiger partial charge in [0.2, 0.25) is 15.9 Å². The van der Waals surface area contributed by atoms with Crippen molar-refractivity contribution in [2.45, 2.75) is 24.7 Å². The maximum Gasteiger partial charge on any atom is 0.243 e. The molecule has 4 rings (SSSR count). The number of nitrogens with zero attached hydrogens (tertiary/aromatic N) is 2. The van der Waals surface area contributed by atoms with Gasteiger partial charge in [0, 0.05) is 30.0 Å². The summed E-state index contributed by atoms with van der Waals surface area (Å²) in [6.45, 7) is 2.59. The van der Waals surface area contributed by atoms with Crippen LogP contribution in [0.1, 0.15) is 18.4 Å². The number of aryl methyl sites for hydroxylation is 1. The SMILES string of the molecule is Cc1ccc(S(=O)(=O)N2CCC(C(=O)Nc3nc(-c4ccccc4)cs3)CC2)cc1. The van der Waals surface area contributed by atoms with E-state index in [-0.39, 0.29) is 11.8 Å². The number of sulfonamides is 1. The molecular weight excluding hydrogens is 418 g/mol. The average molecular weight is 442 g/mol. The molecule has 2 heterocycles. The van der Waals surface area contributed by atoms with Crippen LogP contribution in [0.25, 0.3) is 11.3 Å². The molecule has 30 heavy (non-hydrogen) atoms. The zero-order valence-electron chi connectivity index (χ0n) is 16.6. The van der Waals surface area contributed by atoms with E-state index in [9.17, 15) is 13.2 Å². The Kier molecular flexibility index (Phi) is 5.99. The van der Waals surface area contributed by atoms with Gasteiger partial charge in [-0.15, -0.1) is 11.3 Å². The number of thiazole rings is 1. The van der Waals surface area contributed by atoms with E-state index in [0.717, 1.165) is 16.8 Å². The molecule has 0 atom stereocenters. The lowest BCUT2D eigenvalue weighted by Gasteiger charge is -2.30. The molecule has 8 heteroatoms. The number of carbonyl (C=O) groups excluding carboxylic acids is 1. The first-order chi connectivity index (χ1) is 14.4. The van der Waals surface area contributed by atoms with Gasteiger partial charge in [0.1, 0.15) is 0 Å². The fourth-order valence-electron chi connectivity index (χ4n) is 3.50. The van der Waals surface area contributed by atoms with Crippen molar-refractivity contribution in [2.24, 2.45) is 5.92 Å². The summed E-state index contributed by atoms with van der Waals surface area (Å²) in [6.07, 6.45) is 0.988. The van der Waals surface area contributed by atoms with Crippen LogP contribution in [0.2, 0.25) is 0 Å². The number of nitrogens with one attached hydrogen (secondary N) is 1. The van der Waals surface area contributed by atoms with Crippen LogP contribution in [-0.2, 0) is 14.8 Å². The lowest BCUT2D eigenvalue weighted by atomic mass is 9.97. The highest BCUT2D eigenvalue weighted by Gasteiger charge is 2.32. The van der Waals surface area contributed by atoms with Gasteiger partial charge < -0.3 is 5.32 Å². The van der Waals surface area contributed by atoms with E-state index in [1.807, 2.05) is 42.6 Å². The molecule has 1 aromatic heterocycles. The average Bonchev–Trinajstić information content (AvgIpc) is 3.23. The second-order valence-electron chi connectivity index (χ2n) is 7.38. The Labute approximate surface area is 180 Å². The first kappa shape index (κ1) is 20.7. The number of benzene rings is 2. The van der Waals surface area contributed by atoms with Gasteiger partial charge in [0.15, 0.2) is 5.13 Å². The molecule has 0 bridgehead atoms. The number of carbonyl (C=O) groups is 1. The molecule has 0 radical (unpaired) electrons. The fraction of sp³-hybridized carbons (Fsp3) is 0.273. The van der Waals surface area contributed by atoms with Gasteiger partial charge in [-0.1, -0.05) is 48.0 Å². The first-order valence-electron chi connectivity index (χ1n) is 9.82. The van der Waals surface area contributed by atoms with Crippen LogP contribution in [-0.4, -0.2) is 36.7 Å². The van der Waals surface area contributed by atoms with Gasteiger partial charge in [-0.2, -0.15) is 4.31 Å². The Morgan fingerprint density at radius 1 is 1.07 bits per heavy atom. The normalized spacial score (nSPS) is 15.8. The third-order valence-electron chi connectivity index (χ3n) is 5.29. The highest BCUT2D eigenvalue weighted by atomic mass is 32.2. The molecule has 156 valence electrons. The number of hydrogen-bond donors (Lipinski definition) is 1. The van der Waals surface area contributed by atoms with E-state index in [0.29, 0.717) is 36.0 Å². The molecule has 2 aromatic carbocycles. The zero-order chi connectivity index (χ0) is 21.1. The second kappa shape index (κ2) is 8.67. The molecule has 0 spiro atoms. The zero-order valence-corrected chi connectivity index (χ0v) is 18.2. The molecule has 6 nitrogen and oxygen atoms in total. The van der Waals surface area contributed by atoms with Gasteiger partial charge in [-0.25, -0.2) is 13.4 Å². The molecule has 1 fully saturated rings. The summed E-state index contributed by atoms with van der Waals surface area (Å²) in [7, 11) is -3.52. The number of rotatable bonds is 5. The number of piperidine rings is 1. The summed E-state index contributed by atoms with van der Waals surface area (Å²) in [5, 5.41) is 5.38. The van der Waals surface area contributed by atoms with Crippen LogP contribution in [0.5, 0.6) is 0 Å². The van der Waals surface area contributed by atoms with E-state index in [4.69, 9.17) is 0 Å². The summed E-state index contributed by atoms with van der Waals surface area (Å²) in [5.74, 6) is -0.324. The Hall–Kier alpha value is -2.55. The lowest BCUT2D eigenvalue weighted by molar-refractivity contribution is -0.120. The molecule has 0 saturated carbocycles. The van der Waals surface area contributed by atoms with Crippen LogP contribution in [0.15, 0.2) is 64.9 Å². The predicted octanol–water partition coefficient (Wildman–Crippen LogP) is 4.16. The topological polar surface area (TPSA) is 79.4 Å². The Bertz CT molecular complexity index is 1120. The van der Waals surface area contributed by atoms with E-state index in [1.165, 1.54) is 15.6 Å². The van der Waals surface area contributed by atoms with Crippen LogP contribution >= 0.6 is 11.3 Å². The van der Waals surface area contributed by atoms with Gasteiger partial charge in [-0.3, -0.25) is 4.79 Å². The summed E-state index contributed by atoms with van der Waals surface area (Å²) >= 11 is 1.39. The molecule has 1 saturated heterocycles. The van der Waals surface area contributed by atoms with Gasteiger partial charge in [0.05, 0.1) is 10.6 Å². The van der Waals surface area contributed by atoms with Crippen LogP contribution < -0.4 is 5.32 Å². The Balaban J connectivity index is 1.36. The smallest absolute Gasteiger partial charge is 0.243 e. The molecular formula is C22H23N3O3S2. The molecule has 0 aliphatic carbocycles. The van der Waals surface area contributed by atoms with Crippen LogP contribution in [0, 0.1) is 12.8 Å². The quantitative estimate of drug-likeness (QED) is 0.645. The second-order valence-corrected chi connectivity index (χ2v) is 10.2. The third kappa shape index (κ3) is 4.45. The minimum atomic E-state index is -3.52. The van der Waals surface area contributed by atoms with Gasteiger partial charge >= 0.3 is 0 Å². The number of aromatic nitrogens is 1. The van der Waals surface area contributed by atoms with Crippen molar-refractivity contribution in [2.75, 3.05) is 18.4 Å². The van der Waals surface area contributed by atoms with Crippen molar-refractivity contribution >= 4 is 32.4 Å². The van der Waals surface area contributed by atoms with Crippen molar-refractivity contribution < 1.29 is 13.2 Å². The third-order valence-corrected chi connectivity index (χ3v) is 7.96. The van der Waals surface area contributed by atoms with Crippen molar-refractivity contribution in [3.8, 4) is 11.3 Å². The molecule has 1 N–H and O–H groups in total. The minimum Gasteiger partial charge on any atom is -0.302 e. The molecule has 0 unspecified atom stereocenters. The lowest BCUT2D eigenvalue weighted by Crippen LogP contribution is -2.41. The summed E-state index contributed by atoms with van der Waals surface area (Å²) < 4.78 is 27.1. The van der Waals surface area contributed by atoms with E-state index >= 15 is 0 Å². The molecule has 1 amide bonds. The molecule has 3 aromatic rings. The molecule has 1 aliphatic rings. The summed E-state index contributed by atoms with van der Waals surface area (Å²) in [4.78, 5) is 17.5. The summed E-state index contributed by atoms with van der Waals surface area (Å²) in [6, 6.07) is 16.7. The first-order valence-corrected chi connectivity index (χ1v) is 12.1. The number of amides is 1. The van der Waals surface area contributed by atoms with Crippen molar-refractivity contribution in [3.63, 3.8) is 0 Å². The van der Waals surface area contributed by atoms with Crippen molar-refractivity contribution in [1.29, 1.82) is 0 Å². The monoisotopic (exact) mass is 441 g/mol. The van der Waals surface area contributed by atoms with Crippen molar-refractivity contribution in [1.82, 2.24) is 9.29 Å². The standard InChI is InChI=1S/C22H23N3O3S2/c1-16-7-9-19(10-8-16)30(27,28)25-13-11-18(12-14-25)21(26)24-22-23-20(15-29-22)17-5-3-2-4-6-17/h2-10,15,18H,11-14H2,1H3,(H,23,24,26). The number of hydrogen-bond acceptors (Lipinski definition) is 5. The Morgan fingerprint density at radius 3 is 2.40 bits per heavy atom. The van der Waals surface area contributed by atoms with Gasteiger partial charge in [0.25, 0.3) is 0 Å². The van der Waals surface area contributed by atoms with E-state index in [1.54, 1.807) is 24.3 Å². The van der Waals surface area contributed by atoms with Crippen LogP contribution in [0.3, 0.4) is 0 Å².